The van der Waals surface area contributed by atoms with Gasteiger partial charge in [0, 0.05) is 18.7 Å². The number of amides is 2. The lowest BCUT2D eigenvalue weighted by molar-refractivity contribution is 0.187. The highest BCUT2D eigenvalue weighted by Crippen LogP contribution is 2.30. The van der Waals surface area contributed by atoms with Crippen LogP contribution in [0.5, 0.6) is 17.2 Å². The molecule has 0 aliphatic heterocycles. The summed E-state index contributed by atoms with van der Waals surface area (Å²) in [6.45, 7) is 4.21. The summed E-state index contributed by atoms with van der Waals surface area (Å²) in [6, 6.07) is 15.5. The van der Waals surface area contributed by atoms with Crippen molar-refractivity contribution in [1.82, 2.24) is 4.90 Å². The second-order valence-corrected chi connectivity index (χ2v) is 9.56. The van der Waals surface area contributed by atoms with Gasteiger partial charge in [-0.05, 0) is 67.4 Å². The number of carbonyl (C=O) groups excluding carboxylic acids is 1. The molecule has 10 heteroatoms. The number of urea groups is 1. The van der Waals surface area contributed by atoms with E-state index in [-0.39, 0.29) is 29.3 Å². The molecule has 2 amide bonds. The van der Waals surface area contributed by atoms with Gasteiger partial charge in [0.05, 0.1) is 19.9 Å². The topological polar surface area (TPSA) is 94.2 Å². The maximum Gasteiger partial charge on any atom is 0.339 e. The van der Waals surface area contributed by atoms with Crippen molar-refractivity contribution in [2.75, 3.05) is 19.5 Å². The fourth-order valence-electron chi connectivity index (χ4n) is 3.36. The van der Waals surface area contributed by atoms with Gasteiger partial charge < -0.3 is 23.9 Å². The monoisotopic (exact) mass is 516 g/mol. The predicted molar refractivity (Wildman–Crippen MR) is 135 cm³/mol. The normalized spacial score (nSPS) is 11.9. The Labute approximate surface area is 210 Å². The number of nitrogens with zero attached hydrogens (tertiary/aromatic N) is 1. The fraction of sp³-hybridized carbons (Fsp3) is 0.269. The molecule has 0 heterocycles. The second-order valence-electron chi connectivity index (χ2n) is 8.02. The van der Waals surface area contributed by atoms with Crippen LogP contribution in [0.25, 0.3) is 0 Å². The summed E-state index contributed by atoms with van der Waals surface area (Å²) in [4.78, 5) is 14.7. The lowest BCUT2D eigenvalue weighted by Gasteiger charge is -2.29. The van der Waals surface area contributed by atoms with Crippen LogP contribution >= 0.6 is 0 Å². The molecule has 0 aliphatic carbocycles. The lowest BCUT2D eigenvalue weighted by atomic mass is 10.1. The van der Waals surface area contributed by atoms with E-state index < -0.39 is 15.9 Å². The number of hydrogen-bond acceptors (Lipinski definition) is 6. The van der Waals surface area contributed by atoms with E-state index in [4.69, 9.17) is 13.7 Å². The smallest absolute Gasteiger partial charge is 0.339 e. The van der Waals surface area contributed by atoms with Gasteiger partial charge in [0.25, 0.3) is 0 Å². The van der Waals surface area contributed by atoms with Gasteiger partial charge in [-0.25, -0.2) is 9.18 Å². The van der Waals surface area contributed by atoms with Gasteiger partial charge in [-0.1, -0.05) is 19.1 Å². The summed E-state index contributed by atoms with van der Waals surface area (Å²) in [5.74, 6) is 0.632. The molecule has 0 spiro atoms. The molecular weight excluding hydrogens is 487 g/mol. The summed E-state index contributed by atoms with van der Waals surface area (Å²) >= 11 is 0. The SMILES string of the molecule is CCC(C)N(Cc1ccc(OS(=O)(=O)c2ccc(F)cc2)cc1)C(=O)Nc1ccc(OC)cc1OC. The fourth-order valence-corrected chi connectivity index (χ4v) is 4.29. The van der Waals surface area contributed by atoms with Crippen LogP contribution in [0.15, 0.2) is 71.6 Å². The number of ether oxygens (including phenoxy) is 2. The number of carbonyl (C=O) groups is 1. The Morgan fingerprint density at radius 1 is 0.972 bits per heavy atom. The number of anilines is 1. The number of rotatable bonds is 10. The molecule has 1 atom stereocenters. The average molecular weight is 517 g/mol. The van der Waals surface area contributed by atoms with Crippen molar-refractivity contribution in [3.8, 4) is 17.2 Å². The molecule has 8 nitrogen and oxygen atoms in total. The Balaban J connectivity index is 1.73. The predicted octanol–water partition coefficient (Wildman–Crippen LogP) is 5.44. The molecule has 0 bridgehead atoms. The van der Waals surface area contributed by atoms with E-state index in [1.165, 1.54) is 19.2 Å². The molecular formula is C26H29FN2O6S. The van der Waals surface area contributed by atoms with Crippen LogP contribution < -0.4 is 19.0 Å². The quantitative estimate of drug-likeness (QED) is 0.361. The summed E-state index contributed by atoms with van der Waals surface area (Å²) in [6.07, 6.45) is 0.726. The van der Waals surface area contributed by atoms with Crippen LogP contribution in [-0.4, -0.2) is 39.6 Å². The molecule has 0 aliphatic rings. The van der Waals surface area contributed by atoms with E-state index in [0.717, 1.165) is 36.2 Å². The minimum atomic E-state index is -4.11. The van der Waals surface area contributed by atoms with Gasteiger partial charge in [-0.3, -0.25) is 0 Å². The molecule has 0 saturated carbocycles. The number of nitrogens with one attached hydrogen (secondary N) is 1. The van der Waals surface area contributed by atoms with Crippen LogP contribution in [0.4, 0.5) is 14.9 Å². The van der Waals surface area contributed by atoms with Crippen LogP contribution in [0, 0.1) is 5.82 Å². The summed E-state index contributed by atoms with van der Waals surface area (Å²) in [5.41, 5.74) is 1.28. The van der Waals surface area contributed by atoms with Gasteiger partial charge in [0.15, 0.2) is 0 Å². The minimum Gasteiger partial charge on any atom is -0.497 e. The van der Waals surface area contributed by atoms with Gasteiger partial charge in [0.1, 0.15) is 28.0 Å². The first-order valence-corrected chi connectivity index (χ1v) is 12.7. The van der Waals surface area contributed by atoms with E-state index in [9.17, 15) is 17.6 Å². The highest BCUT2D eigenvalue weighted by Gasteiger charge is 2.21. The van der Waals surface area contributed by atoms with E-state index in [2.05, 4.69) is 5.32 Å². The van der Waals surface area contributed by atoms with E-state index in [1.54, 1.807) is 42.3 Å². The maximum atomic E-state index is 13.2. The molecule has 3 rings (SSSR count). The molecule has 1 N–H and O–H groups in total. The van der Waals surface area contributed by atoms with Crippen molar-refractivity contribution in [3.05, 3.63) is 78.1 Å². The van der Waals surface area contributed by atoms with Gasteiger partial charge in [-0.15, -0.1) is 0 Å². The highest BCUT2D eigenvalue weighted by molar-refractivity contribution is 7.87. The number of benzene rings is 3. The average Bonchev–Trinajstić information content (AvgIpc) is 2.88. The molecule has 0 saturated heterocycles. The van der Waals surface area contributed by atoms with Crippen LogP contribution in [0.3, 0.4) is 0 Å². The number of halogens is 1. The van der Waals surface area contributed by atoms with Crippen LogP contribution in [-0.2, 0) is 16.7 Å². The van der Waals surface area contributed by atoms with Crippen molar-refractivity contribution in [1.29, 1.82) is 0 Å². The molecule has 3 aromatic rings. The maximum absolute atomic E-state index is 13.2. The Hall–Kier alpha value is -3.79. The highest BCUT2D eigenvalue weighted by atomic mass is 32.2. The number of methoxy groups -OCH3 is 2. The third-order valence-electron chi connectivity index (χ3n) is 5.62. The second kappa shape index (κ2) is 11.8. The molecule has 0 fully saturated rings. The molecule has 0 radical (unpaired) electrons. The van der Waals surface area contributed by atoms with E-state index >= 15 is 0 Å². The van der Waals surface area contributed by atoms with Crippen molar-refractivity contribution >= 4 is 21.8 Å². The zero-order valence-electron chi connectivity index (χ0n) is 20.5. The van der Waals surface area contributed by atoms with Crippen molar-refractivity contribution < 1.29 is 31.3 Å². The Morgan fingerprint density at radius 3 is 2.19 bits per heavy atom. The van der Waals surface area contributed by atoms with Gasteiger partial charge in [0.2, 0.25) is 0 Å². The van der Waals surface area contributed by atoms with E-state index in [0.29, 0.717) is 17.2 Å². The van der Waals surface area contributed by atoms with Crippen LogP contribution in [0.1, 0.15) is 25.8 Å². The largest absolute Gasteiger partial charge is 0.497 e. The Bertz CT molecular complexity index is 1280. The lowest BCUT2D eigenvalue weighted by Crippen LogP contribution is -2.40. The molecule has 1 unspecified atom stereocenters. The third-order valence-corrected chi connectivity index (χ3v) is 6.88. The first kappa shape index (κ1) is 26.8. The summed E-state index contributed by atoms with van der Waals surface area (Å²) < 4.78 is 53.7. The first-order chi connectivity index (χ1) is 17.2. The zero-order valence-corrected chi connectivity index (χ0v) is 21.3. The molecule has 3 aromatic carbocycles. The Kier molecular flexibility index (Phi) is 8.76. The summed E-state index contributed by atoms with van der Waals surface area (Å²) in [7, 11) is -1.05. The first-order valence-electron chi connectivity index (χ1n) is 11.3. The van der Waals surface area contributed by atoms with Gasteiger partial charge >= 0.3 is 16.1 Å². The standard InChI is InChI=1S/C26H29FN2O6S/c1-5-18(2)29(26(30)28-24-15-12-22(33-3)16-25(24)34-4)17-19-6-10-21(11-7-19)35-36(31,32)23-13-8-20(27)9-14-23/h6-16,18H,5,17H2,1-4H3,(H,28,30). The van der Waals surface area contributed by atoms with Crippen molar-refractivity contribution in [2.24, 2.45) is 0 Å². The van der Waals surface area contributed by atoms with Crippen molar-refractivity contribution in [3.63, 3.8) is 0 Å². The Morgan fingerprint density at radius 2 is 1.61 bits per heavy atom. The third kappa shape index (κ3) is 6.66. The minimum absolute atomic E-state index is 0.0796. The molecule has 192 valence electrons. The molecule has 0 aromatic heterocycles. The van der Waals surface area contributed by atoms with Crippen molar-refractivity contribution in [2.45, 2.75) is 37.8 Å². The van der Waals surface area contributed by atoms with E-state index in [1.807, 2.05) is 13.8 Å². The van der Waals surface area contributed by atoms with Crippen LogP contribution in [0.2, 0.25) is 0 Å². The van der Waals surface area contributed by atoms with Gasteiger partial charge in [-0.2, -0.15) is 8.42 Å². The summed E-state index contributed by atoms with van der Waals surface area (Å²) in [5, 5.41) is 2.89. The molecule has 36 heavy (non-hydrogen) atoms. The number of hydrogen-bond donors (Lipinski definition) is 1. The zero-order chi connectivity index (χ0) is 26.3.